The van der Waals surface area contributed by atoms with Crippen LogP contribution in [0.4, 0.5) is 4.39 Å². The zero-order chi connectivity index (χ0) is 15.3. The number of amides is 1. The van der Waals surface area contributed by atoms with E-state index in [0.29, 0.717) is 30.8 Å². The van der Waals surface area contributed by atoms with Gasteiger partial charge in [0.25, 0.3) is 0 Å². The van der Waals surface area contributed by atoms with Gasteiger partial charge in [0.1, 0.15) is 17.3 Å². The minimum atomic E-state index is -0.688. The Morgan fingerprint density at radius 3 is 2.86 bits per heavy atom. The fraction of sp³-hybridized carbons (Fsp3) is 0.375. The van der Waals surface area contributed by atoms with Crippen LogP contribution in [0, 0.1) is 5.82 Å². The molecular weight excluding hydrogens is 285 g/mol. The molecule has 2 aliphatic rings. The van der Waals surface area contributed by atoms with Crippen molar-refractivity contribution in [2.75, 3.05) is 6.54 Å². The normalized spacial score (nSPS) is 18.9. The van der Waals surface area contributed by atoms with Crippen LogP contribution in [-0.4, -0.2) is 28.0 Å². The maximum atomic E-state index is 14.0. The van der Waals surface area contributed by atoms with Gasteiger partial charge < -0.3 is 15.2 Å². The number of rotatable bonds is 2. The Hall–Kier alpha value is -2.21. The van der Waals surface area contributed by atoms with E-state index < -0.39 is 5.54 Å². The van der Waals surface area contributed by atoms with Crippen molar-refractivity contribution in [2.45, 2.75) is 31.3 Å². The Labute approximate surface area is 126 Å². The predicted octanol–water partition coefficient (Wildman–Crippen LogP) is 1.86. The SMILES string of the molecule is NC1(C(=O)N2CCc3onc(-c4ccccc4F)c3C2)CC1. The fourth-order valence-electron chi connectivity index (χ4n) is 2.91. The van der Waals surface area contributed by atoms with Gasteiger partial charge in [-0.25, -0.2) is 4.39 Å². The van der Waals surface area contributed by atoms with E-state index in [1.54, 1.807) is 23.1 Å². The standard InChI is InChI=1S/C16H16FN3O2/c17-12-4-2-1-3-10(12)14-11-9-20(8-5-13(11)22-19-14)15(21)16(18)6-7-16/h1-4H,5-9,18H2. The van der Waals surface area contributed by atoms with Gasteiger partial charge in [0, 0.05) is 24.1 Å². The number of hydrogen-bond donors (Lipinski definition) is 1. The van der Waals surface area contributed by atoms with Gasteiger partial charge in [-0.2, -0.15) is 0 Å². The molecule has 0 spiro atoms. The molecule has 1 aromatic heterocycles. The number of halogens is 1. The molecular formula is C16H16FN3O2. The third kappa shape index (κ3) is 2.02. The summed E-state index contributed by atoms with van der Waals surface area (Å²) in [6.07, 6.45) is 2.05. The molecule has 2 aromatic rings. The smallest absolute Gasteiger partial charge is 0.242 e. The first-order chi connectivity index (χ1) is 10.6. The van der Waals surface area contributed by atoms with E-state index in [-0.39, 0.29) is 11.7 Å². The first-order valence-electron chi connectivity index (χ1n) is 7.39. The maximum absolute atomic E-state index is 14.0. The van der Waals surface area contributed by atoms with Gasteiger partial charge in [-0.1, -0.05) is 17.3 Å². The summed E-state index contributed by atoms with van der Waals surface area (Å²) in [5.74, 6) is 0.350. The number of benzene rings is 1. The molecule has 1 fully saturated rings. The Balaban J connectivity index is 1.68. The number of hydrogen-bond acceptors (Lipinski definition) is 4. The second-order valence-corrected chi connectivity index (χ2v) is 6.05. The lowest BCUT2D eigenvalue weighted by Gasteiger charge is -2.28. The number of nitrogens with two attached hydrogens (primary N) is 1. The minimum Gasteiger partial charge on any atom is -0.360 e. The molecule has 1 aromatic carbocycles. The van der Waals surface area contributed by atoms with E-state index >= 15 is 0 Å². The second-order valence-electron chi connectivity index (χ2n) is 6.05. The van der Waals surface area contributed by atoms with Crippen LogP contribution in [0.5, 0.6) is 0 Å². The summed E-state index contributed by atoms with van der Waals surface area (Å²) in [6, 6.07) is 6.44. The van der Waals surface area contributed by atoms with Gasteiger partial charge in [-0.3, -0.25) is 4.79 Å². The molecule has 114 valence electrons. The zero-order valence-corrected chi connectivity index (χ0v) is 12.0. The van der Waals surface area contributed by atoms with Gasteiger partial charge in [0.15, 0.2) is 0 Å². The van der Waals surface area contributed by atoms with Crippen molar-refractivity contribution < 1.29 is 13.7 Å². The molecule has 22 heavy (non-hydrogen) atoms. The van der Waals surface area contributed by atoms with E-state index in [2.05, 4.69) is 5.16 Å². The van der Waals surface area contributed by atoms with Gasteiger partial charge >= 0.3 is 0 Å². The predicted molar refractivity (Wildman–Crippen MR) is 77.2 cm³/mol. The molecule has 0 atom stereocenters. The summed E-state index contributed by atoms with van der Waals surface area (Å²) in [4.78, 5) is 14.1. The van der Waals surface area contributed by atoms with Crippen molar-refractivity contribution in [1.29, 1.82) is 0 Å². The van der Waals surface area contributed by atoms with Crippen LogP contribution in [0.1, 0.15) is 24.2 Å². The molecule has 0 radical (unpaired) electrons. The molecule has 0 saturated heterocycles. The summed E-state index contributed by atoms with van der Waals surface area (Å²) >= 11 is 0. The van der Waals surface area contributed by atoms with Crippen molar-refractivity contribution in [2.24, 2.45) is 5.73 Å². The molecule has 2 heterocycles. The van der Waals surface area contributed by atoms with E-state index in [1.165, 1.54) is 6.07 Å². The highest BCUT2D eigenvalue weighted by molar-refractivity contribution is 5.89. The van der Waals surface area contributed by atoms with Crippen molar-refractivity contribution in [3.8, 4) is 11.3 Å². The summed E-state index contributed by atoms with van der Waals surface area (Å²) < 4.78 is 19.3. The number of nitrogens with zero attached hydrogens (tertiary/aromatic N) is 2. The third-order valence-corrected chi connectivity index (χ3v) is 4.46. The first-order valence-corrected chi connectivity index (χ1v) is 7.39. The molecule has 1 saturated carbocycles. The zero-order valence-electron chi connectivity index (χ0n) is 12.0. The molecule has 6 heteroatoms. The summed E-state index contributed by atoms with van der Waals surface area (Å²) in [5, 5.41) is 4.02. The highest BCUT2D eigenvalue weighted by atomic mass is 19.1. The quantitative estimate of drug-likeness (QED) is 0.919. The van der Waals surface area contributed by atoms with E-state index in [4.69, 9.17) is 10.3 Å². The highest BCUT2D eigenvalue weighted by Gasteiger charge is 2.48. The van der Waals surface area contributed by atoms with Crippen LogP contribution in [0.3, 0.4) is 0 Å². The van der Waals surface area contributed by atoms with Crippen LogP contribution < -0.4 is 5.73 Å². The van der Waals surface area contributed by atoms with Crippen molar-refractivity contribution >= 4 is 5.91 Å². The van der Waals surface area contributed by atoms with E-state index in [1.807, 2.05) is 0 Å². The van der Waals surface area contributed by atoms with Crippen LogP contribution in [0.15, 0.2) is 28.8 Å². The summed E-state index contributed by atoms with van der Waals surface area (Å²) in [7, 11) is 0. The third-order valence-electron chi connectivity index (χ3n) is 4.46. The monoisotopic (exact) mass is 301 g/mol. The molecule has 2 N–H and O–H groups in total. The van der Waals surface area contributed by atoms with Crippen LogP contribution in [-0.2, 0) is 17.8 Å². The van der Waals surface area contributed by atoms with Crippen molar-refractivity contribution in [3.05, 3.63) is 41.4 Å². The highest BCUT2D eigenvalue weighted by Crippen LogP contribution is 2.37. The summed E-state index contributed by atoms with van der Waals surface area (Å²) in [5.41, 5.74) is 6.98. The lowest BCUT2D eigenvalue weighted by atomic mass is 10.0. The molecule has 1 aliphatic carbocycles. The lowest BCUT2D eigenvalue weighted by Crippen LogP contribution is -2.47. The van der Waals surface area contributed by atoms with E-state index in [9.17, 15) is 9.18 Å². The van der Waals surface area contributed by atoms with Crippen LogP contribution in [0.2, 0.25) is 0 Å². The number of aromatic nitrogens is 1. The summed E-state index contributed by atoms with van der Waals surface area (Å²) in [6.45, 7) is 0.941. The second kappa shape index (κ2) is 4.64. The Bertz CT molecular complexity index is 752. The first kappa shape index (κ1) is 13.5. The average molecular weight is 301 g/mol. The Morgan fingerprint density at radius 1 is 1.36 bits per heavy atom. The Kier molecular flexibility index (Phi) is 2.84. The molecule has 5 nitrogen and oxygen atoms in total. The van der Waals surface area contributed by atoms with E-state index in [0.717, 1.165) is 24.2 Å². The topological polar surface area (TPSA) is 72.4 Å². The van der Waals surface area contributed by atoms with Gasteiger partial charge in [-0.15, -0.1) is 0 Å². The van der Waals surface area contributed by atoms with Crippen molar-refractivity contribution in [1.82, 2.24) is 10.1 Å². The van der Waals surface area contributed by atoms with Crippen molar-refractivity contribution in [3.63, 3.8) is 0 Å². The lowest BCUT2D eigenvalue weighted by molar-refractivity contribution is -0.134. The maximum Gasteiger partial charge on any atom is 0.242 e. The molecule has 0 unspecified atom stereocenters. The van der Waals surface area contributed by atoms with Crippen LogP contribution in [0.25, 0.3) is 11.3 Å². The minimum absolute atomic E-state index is 0.0289. The molecule has 1 amide bonds. The molecule has 1 aliphatic heterocycles. The molecule has 0 bridgehead atoms. The molecule has 4 rings (SSSR count). The Morgan fingerprint density at radius 2 is 2.14 bits per heavy atom. The fourth-order valence-corrected chi connectivity index (χ4v) is 2.91. The average Bonchev–Trinajstić information content (AvgIpc) is 3.14. The number of carbonyl (C=O) groups is 1. The van der Waals surface area contributed by atoms with Gasteiger partial charge in [0.2, 0.25) is 5.91 Å². The number of carbonyl (C=O) groups excluding carboxylic acids is 1. The van der Waals surface area contributed by atoms with Gasteiger partial charge in [-0.05, 0) is 25.0 Å². The van der Waals surface area contributed by atoms with Crippen LogP contribution >= 0.6 is 0 Å². The van der Waals surface area contributed by atoms with Gasteiger partial charge in [0.05, 0.1) is 12.1 Å². The number of fused-ring (bicyclic) bond motifs is 1. The largest absolute Gasteiger partial charge is 0.360 e.